The highest BCUT2D eigenvalue weighted by Crippen LogP contribution is 2.31. The molecule has 1 unspecified atom stereocenters. The number of rotatable bonds is 5. The van der Waals surface area contributed by atoms with Crippen molar-refractivity contribution in [1.82, 2.24) is 20.5 Å². The van der Waals surface area contributed by atoms with Crippen molar-refractivity contribution in [2.75, 3.05) is 12.8 Å². The lowest BCUT2D eigenvalue weighted by Crippen LogP contribution is -2.19. The van der Waals surface area contributed by atoms with E-state index in [4.69, 9.17) is 0 Å². The first kappa shape index (κ1) is 14.9. The highest BCUT2D eigenvalue weighted by atomic mass is 32.2. The van der Waals surface area contributed by atoms with Gasteiger partial charge in [0.15, 0.2) is 5.16 Å². The molecule has 2 N–H and O–H groups in total. The van der Waals surface area contributed by atoms with E-state index >= 15 is 0 Å². The van der Waals surface area contributed by atoms with Gasteiger partial charge in [-0.1, -0.05) is 23.9 Å². The Labute approximate surface area is 118 Å². The molecule has 0 aliphatic rings. The highest BCUT2D eigenvalue weighted by molar-refractivity contribution is 7.99. The summed E-state index contributed by atoms with van der Waals surface area (Å²) in [7, 11) is 1.71. The van der Waals surface area contributed by atoms with Gasteiger partial charge in [0, 0.05) is 11.8 Å². The second kappa shape index (κ2) is 6.27. The molecule has 0 bridgehead atoms. The summed E-state index contributed by atoms with van der Waals surface area (Å²) in [4.78, 5) is 3.96. The second-order valence-electron chi connectivity index (χ2n) is 4.07. The number of nitrogens with zero attached hydrogens (tertiary/aromatic N) is 2. The first-order valence-electron chi connectivity index (χ1n) is 5.83. The van der Waals surface area contributed by atoms with E-state index in [9.17, 15) is 13.2 Å². The molecule has 0 radical (unpaired) electrons. The van der Waals surface area contributed by atoms with E-state index in [-0.39, 0.29) is 6.04 Å². The van der Waals surface area contributed by atoms with Crippen molar-refractivity contribution >= 4 is 11.8 Å². The van der Waals surface area contributed by atoms with Crippen LogP contribution in [-0.4, -0.2) is 28.0 Å². The van der Waals surface area contributed by atoms with E-state index in [1.165, 1.54) is 30.2 Å². The van der Waals surface area contributed by atoms with E-state index in [0.29, 0.717) is 16.5 Å². The average Bonchev–Trinajstić information content (AvgIpc) is 2.92. The quantitative estimate of drug-likeness (QED) is 0.834. The van der Waals surface area contributed by atoms with Gasteiger partial charge in [0.05, 0.1) is 5.56 Å². The lowest BCUT2D eigenvalue weighted by Gasteiger charge is -2.17. The minimum absolute atomic E-state index is 0.201. The lowest BCUT2D eigenvalue weighted by atomic mass is 10.1. The lowest BCUT2D eigenvalue weighted by molar-refractivity contribution is -0.137. The maximum atomic E-state index is 12.7. The average molecular weight is 302 g/mol. The molecule has 2 aromatic rings. The first-order chi connectivity index (χ1) is 9.50. The zero-order valence-electron chi connectivity index (χ0n) is 10.6. The summed E-state index contributed by atoms with van der Waals surface area (Å²) in [6.45, 7) is 0. The van der Waals surface area contributed by atoms with Crippen molar-refractivity contribution in [2.24, 2.45) is 0 Å². The minimum Gasteiger partial charge on any atom is -0.312 e. The summed E-state index contributed by atoms with van der Waals surface area (Å²) in [6, 6.07) is 5.13. The van der Waals surface area contributed by atoms with Crippen molar-refractivity contribution < 1.29 is 13.2 Å². The number of alkyl halides is 3. The number of halogens is 3. The molecule has 0 fully saturated rings. The Hall–Kier alpha value is -1.54. The molecule has 4 nitrogen and oxygen atoms in total. The van der Waals surface area contributed by atoms with Crippen LogP contribution >= 0.6 is 11.8 Å². The second-order valence-corrected chi connectivity index (χ2v) is 5.07. The van der Waals surface area contributed by atoms with Crippen molar-refractivity contribution in [1.29, 1.82) is 0 Å². The normalized spacial score (nSPS) is 13.4. The molecule has 0 amide bonds. The smallest absolute Gasteiger partial charge is 0.312 e. The maximum absolute atomic E-state index is 12.7. The first-order valence-corrected chi connectivity index (χ1v) is 6.82. The fourth-order valence-corrected chi connectivity index (χ4v) is 2.63. The van der Waals surface area contributed by atoms with E-state index in [1.54, 1.807) is 13.1 Å². The van der Waals surface area contributed by atoms with Crippen LogP contribution in [0.4, 0.5) is 13.2 Å². The summed E-state index contributed by atoms with van der Waals surface area (Å²) in [5.41, 5.74) is -0.0470. The number of H-pyrrole nitrogens is 1. The molecule has 1 aromatic carbocycles. The predicted molar refractivity (Wildman–Crippen MR) is 70.4 cm³/mol. The third-order valence-electron chi connectivity index (χ3n) is 2.74. The Morgan fingerprint density at radius 1 is 1.40 bits per heavy atom. The van der Waals surface area contributed by atoms with E-state index in [0.717, 1.165) is 6.07 Å². The van der Waals surface area contributed by atoms with Crippen LogP contribution in [0.2, 0.25) is 0 Å². The van der Waals surface area contributed by atoms with Crippen LogP contribution in [0.1, 0.15) is 17.2 Å². The van der Waals surface area contributed by atoms with Gasteiger partial charge in [0.25, 0.3) is 0 Å². The number of hydrogen-bond donors (Lipinski definition) is 2. The zero-order chi connectivity index (χ0) is 14.6. The van der Waals surface area contributed by atoms with E-state index < -0.39 is 11.7 Å². The number of nitrogens with one attached hydrogen (secondary N) is 2. The van der Waals surface area contributed by atoms with E-state index in [2.05, 4.69) is 20.5 Å². The van der Waals surface area contributed by atoms with Gasteiger partial charge in [-0.25, -0.2) is 4.98 Å². The molecule has 0 saturated carbocycles. The Balaban J connectivity index is 2.11. The summed E-state index contributed by atoms with van der Waals surface area (Å²) < 4.78 is 38.1. The third kappa shape index (κ3) is 3.73. The highest BCUT2D eigenvalue weighted by Gasteiger charge is 2.30. The summed E-state index contributed by atoms with van der Waals surface area (Å²) in [5, 5.41) is 10.1. The van der Waals surface area contributed by atoms with Gasteiger partial charge in [-0.15, -0.1) is 0 Å². The van der Waals surface area contributed by atoms with Gasteiger partial charge in [-0.2, -0.15) is 18.3 Å². The van der Waals surface area contributed by atoms with Crippen LogP contribution in [0.3, 0.4) is 0 Å². The molecule has 0 aliphatic heterocycles. The van der Waals surface area contributed by atoms with Crippen LogP contribution in [0.15, 0.2) is 35.7 Å². The number of benzene rings is 1. The molecule has 0 saturated heterocycles. The van der Waals surface area contributed by atoms with Crippen LogP contribution in [0.25, 0.3) is 0 Å². The molecule has 1 atom stereocenters. The Kier molecular flexibility index (Phi) is 4.66. The summed E-state index contributed by atoms with van der Waals surface area (Å²) >= 11 is 1.40. The molecule has 1 heterocycles. The van der Waals surface area contributed by atoms with Gasteiger partial charge in [-0.3, -0.25) is 5.10 Å². The van der Waals surface area contributed by atoms with Gasteiger partial charge in [-0.05, 0) is 24.7 Å². The molecule has 2 rings (SSSR count). The van der Waals surface area contributed by atoms with Crippen molar-refractivity contribution in [3.63, 3.8) is 0 Å². The van der Waals surface area contributed by atoms with Gasteiger partial charge < -0.3 is 5.32 Å². The fraction of sp³-hybridized carbons (Fsp3) is 0.333. The molecular formula is C12H13F3N4S. The van der Waals surface area contributed by atoms with Crippen molar-refractivity contribution in [3.8, 4) is 0 Å². The van der Waals surface area contributed by atoms with Crippen LogP contribution in [0.5, 0.6) is 0 Å². The zero-order valence-corrected chi connectivity index (χ0v) is 11.4. The monoisotopic (exact) mass is 302 g/mol. The van der Waals surface area contributed by atoms with Gasteiger partial charge in [0.1, 0.15) is 6.33 Å². The topological polar surface area (TPSA) is 53.6 Å². The SMILES string of the molecule is CNC(CSc1ncn[nH]1)c1cccc(C(F)(F)F)c1. The standard InChI is InChI=1S/C12H13F3N4S/c1-16-10(6-20-11-17-7-18-19-11)8-3-2-4-9(5-8)12(13,14)15/h2-5,7,10,16H,6H2,1H3,(H,17,18,19). The molecule has 8 heteroatoms. The molecule has 0 aliphatic carbocycles. The maximum Gasteiger partial charge on any atom is 0.416 e. The number of thioether (sulfide) groups is 1. The third-order valence-corrected chi connectivity index (χ3v) is 3.71. The van der Waals surface area contributed by atoms with Crippen LogP contribution < -0.4 is 5.32 Å². The fourth-order valence-electron chi connectivity index (χ4n) is 1.70. The predicted octanol–water partition coefficient (Wildman–Crippen LogP) is 2.88. The number of aromatic amines is 1. The molecule has 108 valence electrons. The Bertz CT molecular complexity index is 542. The minimum atomic E-state index is -4.33. The molecule has 20 heavy (non-hydrogen) atoms. The van der Waals surface area contributed by atoms with Crippen LogP contribution in [0, 0.1) is 0 Å². The number of hydrogen-bond acceptors (Lipinski definition) is 4. The largest absolute Gasteiger partial charge is 0.416 e. The number of aromatic nitrogens is 3. The van der Waals surface area contributed by atoms with Crippen molar-refractivity contribution in [2.45, 2.75) is 17.4 Å². The summed E-state index contributed by atoms with van der Waals surface area (Å²) in [6.07, 6.45) is -2.94. The molecular weight excluding hydrogens is 289 g/mol. The van der Waals surface area contributed by atoms with Gasteiger partial charge in [0.2, 0.25) is 0 Å². The molecule has 0 spiro atoms. The van der Waals surface area contributed by atoms with Crippen LogP contribution in [-0.2, 0) is 6.18 Å². The van der Waals surface area contributed by atoms with Crippen molar-refractivity contribution in [3.05, 3.63) is 41.7 Å². The Morgan fingerprint density at radius 3 is 2.80 bits per heavy atom. The van der Waals surface area contributed by atoms with E-state index in [1.807, 2.05) is 0 Å². The van der Waals surface area contributed by atoms with Gasteiger partial charge >= 0.3 is 6.18 Å². The summed E-state index contributed by atoms with van der Waals surface area (Å²) in [5.74, 6) is 0.549. The Morgan fingerprint density at radius 2 is 2.20 bits per heavy atom. The molecule has 1 aromatic heterocycles.